The molecule has 1 amide bonds. The molecule has 6 heteroatoms. The van der Waals surface area contributed by atoms with E-state index in [9.17, 15) is 14.9 Å². The van der Waals surface area contributed by atoms with E-state index in [1.165, 1.54) is 12.1 Å². The van der Waals surface area contributed by atoms with Gasteiger partial charge in [-0.15, -0.1) is 0 Å². The standard InChI is InChI=1S/C8H8N2O4/c11-8(12)9-7(10(13)14)6-4-2-1-3-5-6/h1-5,7,9H,(H,11,12). The van der Waals surface area contributed by atoms with E-state index in [-0.39, 0.29) is 0 Å². The first-order valence-electron chi connectivity index (χ1n) is 3.79. The van der Waals surface area contributed by atoms with E-state index in [1.54, 1.807) is 18.2 Å². The number of carboxylic acid groups (broad SMARTS) is 1. The molecule has 0 bridgehead atoms. The zero-order chi connectivity index (χ0) is 10.6. The summed E-state index contributed by atoms with van der Waals surface area (Å²) >= 11 is 0. The Balaban J connectivity index is 2.89. The fourth-order valence-corrected chi connectivity index (χ4v) is 1.01. The molecule has 0 aromatic heterocycles. The number of amides is 1. The topological polar surface area (TPSA) is 92.5 Å². The number of nitro groups is 1. The summed E-state index contributed by atoms with van der Waals surface area (Å²) in [6.07, 6.45) is -2.83. The van der Waals surface area contributed by atoms with Crippen molar-refractivity contribution in [2.45, 2.75) is 6.17 Å². The van der Waals surface area contributed by atoms with Crippen LogP contribution in [0.25, 0.3) is 0 Å². The molecular weight excluding hydrogens is 188 g/mol. The molecule has 14 heavy (non-hydrogen) atoms. The van der Waals surface area contributed by atoms with Crippen molar-refractivity contribution in [1.82, 2.24) is 5.32 Å². The number of hydrogen-bond donors (Lipinski definition) is 2. The van der Waals surface area contributed by atoms with E-state index < -0.39 is 17.2 Å². The molecule has 1 atom stereocenters. The minimum atomic E-state index is -1.42. The Morgan fingerprint density at radius 3 is 2.43 bits per heavy atom. The predicted octanol–water partition coefficient (Wildman–Crippen LogP) is 1.23. The molecule has 1 rings (SSSR count). The molecule has 1 aromatic carbocycles. The van der Waals surface area contributed by atoms with Crippen LogP contribution in [0.5, 0.6) is 0 Å². The number of carbonyl (C=O) groups is 1. The summed E-state index contributed by atoms with van der Waals surface area (Å²) in [7, 11) is 0. The van der Waals surface area contributed by atoms with Crippen molar-refractivity contribution >= 4 is 6.09 Å². The minimum Gasteiger partial charge on any atom is -0.465 e. The maximum absolute atomic E-state index is 10.5. The molecule has 0 saturated heterocycles. The third kappa shape index (κ3) is 2.44. The molecule has 1 aromatic rings. The zero-order valence-electron chi connectivity index (χ0n) is 7.08. The summed E-state index contributed by atoms with van der Waals surface area (Å²) < 4.78 is 0. The fraction of sp³-hybridized carbons (Fsp3) is 0.125. The van der Waals surface area contributed by atoms with Crippen LogP contribution in [0.1, 0.15) is 11.7 Å². The van der Waals surface area contributed by atoms with Crippen molar-refractivity contribution in [2.75, 3.05) is 0 Å². The summed E-state index contributed by atoms with van der Waals surface area (Å²) in [5.41, 5.74) is 0.305. The Hall–Kier alpha value is -2.11. The van der Waals surface area contributed by atoms with E-state index in [0.29, 0.717) is 5.56 Å². The van der Waals surface area contributed by atoms with Crippen LogP contribution < -0.4 is 5.32 Å². The smallest absolute Gasteiger partial charge is 0.410 e. The summed E-state index contributed by atoms with van der Waals surface area (Å²) in [6.45, 7) is 0. The molecule has 0 spiro atoms. The molecule has 1 unspecified atom stereocenters. The third-order valence-corrected chi connectivity index (χ3v) is 1.59. The number of nitrogens with zero attached hydrogens (tertiary/aromatic N) is 1. The molecule has 74 valence electrons. The van der Waals surface area contributed by atoms with Crippen LogP contribution in [0.2, 0.25) is 0 Å². The predicted molar refractivity (Wildman–Crippen MR) is 47.3 cm³/mol. The highest BCUT2D eigenvalue weighted by molar-refractivity contribution is 5.64. The van der Waals surface area contributed by atoms with Gasteiger partial charge in [0.15, 0.2) is 0 Å². The number of hydrogen-bond acceptors (Lipinski definition) is 3. The molecular formula is C8H8N2O4. The third-order valence-electron chi connectivity index (χ3n) is 1.59. The van der Waals surface area contributed by atoms with Gasteiger partial charge in [0.05, 0.1) is 4.92 Å². The molecule has 0 radical (unpaired) electrons. The molecule has 0 heterocycles. The first kappa shape index (κ1) is 9.97. The maximum atomic E-state index is 10.5. The first-order chi connectivity index (χ1) is 6.61. The maximum Gasteiger partial charge on any atom is 0.410 e. The summed E-state index contributed by atoms with van der Waals surface area (Å²) in [4.78, 5) is 20.1. The fourth-order valence-electron chi connectivity index (χ4n) is 1.01. The lowest BCUT2D eigenvalue weighted by Crippen LogP contribution is -2.32. The summed E-state index contributed by atoms with van der Waals surface area (Å²) in [5, 5.41) is 20.7. The van der Waals surface area contributed by atoms with Crippen molar-refractivity contribution in [1.29, 1.82) is 0 Å². The van der Waals surface area contributed by atoms with Crippen LogP contribution in [-0.4, -0.2) is 16.1 Å². The van der Waals surface area contributed by atoms with Gasteiger partial charge in [-0.1, -0.05) is 30.3 Å². The highest BCUT2D eigenvalue weighted by atomic mass is 16.6. The van der Waals surface area contributed by atoms with Gasteiger partial charge in [-0.3, -0.25) is 15.4 Å². The lowest BCUT2D eigenvalue weighted by atomic mass is 10.2. The molecule has 0 fully saturated rings. The highest BCUT2D eigenvalue weighted by Crippen LogP contribution is 2.12. The van der Waals surface area contributed by atoms with Crippen LogP contribution in [0.4, 0.5) is 4.79 Å². The number of benzene rings is 1. The van der Waals surface area contributed by atoms with Gasteiger partial charge >= 0.3 is 12.3 Å². The van der Waals surface area contributed by atoms with Gasteiger partial charge in [0.1, 0.15) is 0 Å². The average Bonchev–Trinajstić information content (AvgIpc) is 2.15. The minimum absolute atomic E-state index is 0.305. The highest BCUT2D eigenvalue weighted by Gasteiger charge is 2.23. The van der Waals surface area contributed by atoms with Gasteiger partial charge in [-0.05, 0) is 0 Å². The van der Waals surface area contributed by atoms with Crippen molar-refractivity contribution in [3.63, 3.8) is 0 Å². The Morgan fingerprint density at radius 1 is 1.43 bits per heavy atom. The molecule has 2 N–H and O–H groups in total. The number of nitrogens with one attached hydrogen (secondary N) is 1. The van der Waals surface area contributed by atoms with E-state index in [2.05, 4.69) is 0 Å². The Kier molecular flexibility index (Phi) is 3.01. The Labute approximate surface area is 79.3 Å². The van der Waals surface area contributed by atoms with Gasteiger partial charge in [-0.25, -0.2) is 4.79 Å². The van der Waals surface area contributed by atoms with Crippen LogP contribution in [0, 0.1) is 10.1 Å². The zero-order valence-corrected chi connectivity index (χ0v) is 7.08. The Morgan fingerprint density at radius 2 is 2.00 bits per heavy atom. The molecule has 0 aliphatic rings. The van der Waals surface area contributed by atoms with Crippen molar-refractivity contribution < 1.29 is 14.8 Å². The second-order valence-electron chi connectivity index (χ2n) is 2.55. The van der Waals surface area contributed by atoms with Gasteiger partial charge in [-0.2, -0.15) is 0 Å². The lowest BCUT2D eigenvalue weighted by molar-refractivity contribution is -0.533. The quantitative estimate of drug-likeness (QED) is 0.432. The van der Waals surface area contributed by atoms with E-state index in [4.69, 9.17) is 5.11 Å². The average molecular weight is 196 g/mol. The van der Waals surface area contributed by atoms with E-state index in [0.717, 1.165) is 0 Å². The molecule has 0 aliphatic heterocycles. The van der Waals surface area contributed by atoms with Crippen LogP contribution >= 0.6 is 0 Å². The van der Waals surface area contributed by atoms with E-state index in [1.807, 2.05) is 5.32 Å². The largest absolute Gasteiger partial charge is 0.465 e. The second kappa shape index (κ2) is 4.22. The summed E-state index contributed by atoms with van der Waals surface area (Å²) in [5.74, 6) is 0. The van der Waals surface area contributed by atoms with Crippen molar-refractivity contribution in [3.8, 4) is 0 Å². The van der Waals surface area contributed by atoms with Gasteiger partial charge in [0.25, 0.3) is 0 Å². The Bertz CT molecular complexity index is 338. The van der Waals surface area contributed by atoms with Gasteiger partial charge < -0.3 is 5.11 Å². The van der Waals surface area contributed by atoms with Crippen molar-refractivity contribution in [2.24, 2.45) is 0 Å². The monoisotopic (exact) mass is 196 g/mol. The van der Waals surface area contributed by atoms with Crippen molar-refractivity contribution in [3.05, 3.63) is 46.0 Å². The van der Waals surface area contributed by atoms with E-state index >= 15 is 0 Å². The molecule has 0 saturated carbocycles. The second-order valence-corrected chi connectivity index (χ2v) is 2.55. The van der Waals surface area contributed by atoms with Crippen LogP contribution in [-0.2, 0) is 0 Å². The first-order valence-corrected chi connectivity index (χ1v) is 3.79. The SMILES string of the molecule is O=C(O)NC(c1ccccc1)[N+](=O)[O-]. The normalized spacial score (nSPS) is 11.7. The molecule has 6 nitrogen and oxygen atoms in total. The van der Waals surface area contributed by atoms with Crippen LogP contribution in [0.15, 0.2) is 30.3 Å². The van der Waals surface area contributed by atoms with Crippen LogP contribution in [0.3, 0.4) is 0 Å². The molecule has 0 aliphatic carbocycles. The summed E-state index contributed by atoms with van der Waals surface area (Å²) in [6, 6.07) is 7.89. The lowest BCUT2D eigenvalue weighted by Gasteiger charge is -2.08. The van der Waals surface area contributed by atoms with Gasteiger partial charge in [0, 0.05) is 5.56 Å². The van der Waals surface area contributed by atoms with Gasteiger partial charge in [0.2, 0.25) is 0 Å². The number of rotatable bonds is 3.